The average molecular weight is 226 g/mol. The Kier molecular flexibility index (Phi) is 21.8. The number of aliphatic hydroxyl groups excluding tert-OH is 1. The first-order chi connectivity index (χ1) is 6.41. The van der Waals surface area contributed by atoms with Gasteiger partial charge in [-0.3, -0.25) is 0 Å². The molecule has 0 aliphatic rings. The van der Waals surface area contributed by atoms with Gasteiger partial charge in [-0.15, -0.1) is 0 Å². The van der Waals surface area contributed by atoms with Crippen molar-refractivity contribution in [2.24, 2.45) is 0 Å². The van der Waals surface area contributed by atoms with Gasteiger partial charge in [0.05, 0.1) is 0 Å². The van der Waals surface area contributed by atoms with Crippen LogP contribution in [0.4, 0.5) is 0 Å². The number of unbranched alkanes of at least 4 members (excludes halogenated alkanes) is 9. The van der Waals surface area contributed by atoms with E-state index in [1.165, 1.54) is 57.8 Å². The van der Waals surface area contributed by atoms with E-state index in [4.69, 9.17) is 5.11 Å². The molecule has 0 aliphatic carbocycles. The SMILES string of the molecule is CCCCCCCCCCCCO.[KH]. The van der Waals surface area contributed by atoms with E-state index in [1.807, 2.05) is 0 Å². The van der Waals surface area contributed by atoms with Crippen molar-refractivity contribution in [1.29, 1.82) is 0 Å². The summed E-state index contributed by atoms with van der Waals surface area (Å²) in [7, 11) is 0. The third-order valence-corrected chi connectivity index (χ3v) is 2.51. The summed E-state index contributed by atoms with van der Waals surface area (Å²) in [5.74, 6) is 0. The summed E-state index contributed by atoms with van der Waals surface area (Å²) < 4.78 is 0. The molecule has 0 spiro atoms. The predicted octanol–water partition coefficient (Wildman–Crippen LogP) is 3.25. The molecule has 2 heteroatoms. The van der Waals surface area contributed by atoms with Crippen LogP contribution in [0.5, 0.6) is 0 Å². The maximum absolute atomic E-state index is 8.57. The molecule has 0 fully saturated rings. The summed E-state index contributed by atoms with van der Waals surface area (Å²) in [4.78, 5) is 0. The third kappa shape index (κ3) is 16.0. The molecule has 0 saturated heterocycles. The van der Waals surface area contributed by atoms with Crippen LogP contribution in [0.1, 0.15) is 71.1 Å². The van der Waals surface area contributed by atoms with Gasteiger partial charge in [0.1, 0.15) is 0 Å². The van der Waals surface area contributed by atoms with Gasteiger partial charge in [-0.1, -0.05) is 64.7 Å². The summed E-state index contributed by atoms with van der Waals surface area (Å²) >= 11 is 0. The summed E-state index contributed by atoms with van der Waals surface area (Å²) in [6, 6.07) is 0. The van der Waals surface area contributed by atoms with Gasteiger partial charge in [-0.25, -0.2) is 0 Å². The van der Waals surface area contributed by atoms with Gasteiger partial charge in [-0.05, 0) is 6.42 Å². The molecule has 1 N–H and O–H groups in total. The molecule has 0 aromatic carbocycles. The minimum atomic E-state index is 0. The van der Waals surface area contributed by atoms with E-state index in [0.717, 1.165) is 6.42 Å². The normalized spacial score (nSPS) is 9.86. The molecule has 0 aromatic rings. The molecular formula is C12H27KO. The Morgan fingerprint density at radius 3 is 1.36 bits per heavy atom. The summed E-state index contributed by atoms with van der Waals surface area (Å²) in [6.45, 7) is 2.63. The molecule has 0 saturated carbocycles. The second kappa shape index (κ2) is 17.0. The van der Waals surface area contributed by atoms with Gasteiger partial charge in [0.2, 0.25) is 0 Å². The molecular weight excluding hydrogens is 199 g/mol. The molecule has 0 bridgehead atoms. The Morgan fingerprint density at radius 2 is 1.00 bits per heavy atom. The monoisotopic (exact) mass is 226 g/mol. The zero-order valence-electron chi connectivity index (χ0n) is 9.23. The van der Waals surface area contributed by atoms with E-state index in [9.17, 15) is 0 Å². The first-order valence-corrected chi connectivity index (χ1v) is 6.02. The van der Waals surface area contributed by atoms with Gasteiger partial charge in [0.25, 0.3) is 0 Å². The minimum absolute atomic E-state index is 0. The van der Waals surface area contributed by atoms with Crippen LogP contribution < -0.4 is 0 Å². The van der Waals surface area contributed by atoms with Crippen LogP contribution in [-0.2, 0) is 0 Å². The van der Waals surface area contributed by atoms with Crippen LogP contribution in [-0.4, -0.2) is 63.1 Å². The van der Waals surface area contributed by atoms with Crippen molar-refractivity contribution in [1.82, 2.24) is 0 Å². The van der Waals surface area contributed by atoms with E-state index in [0.29, 0.717) is 6.61 Å². The molecule has 0 aromatic heterocycles. The molecule has 0 aliphatic heterocycles. The van der Waals surface area contributed by atoms with E-state index in [1.54, 1.807) is 0 Å². The number of hydrogen-bond donors (Lipinski definition) is 1. The summed E-state index contributed by atoms with van der Waals surface area (Å²) in [5.41, 5.74) is 0. The molecule has 0 unspecified atom stereocenters. The van der Waals surface area contributed by atoms with Crippen molar-refractivity contribution in [3.8, 4) is 0 Å². The Morgan fingerprint density at radius 1 is 0.643 bits per heavy atom. The van der Waals surface area contributed by atoms with Crippen molar-refractivity contribution in [2.75, 3.05) is 6.61 Å². The second-order valence-corrected chi connectivity index (χ2v) is 3.91. The average Bonchev–Trinajstić information content (AvgIpc) is 2.16. The number of hydrogen-bond acceptors (Lipinski definition) is 1. The number of rotatable bonds is 10. The predicted molar refractivity (Wildman–Crippen MR) is 66.1 cm³/mol. The first-order valence-electron chi connectivity index (χ1n) is 6.02. The molecule has 0 radical (unpaired) electrons. The second-order valence-electron chi connectivity index (χ2n) is 3.91. The fourth-order valence-corrected chi connectivity index (χ4v) is 1.60. The quantitative estimate of drug-likeness (QED) is 0.448. The molecule has 0 amide bonds. The molecule has 82 valence electrons. The van der Waals surface area contributed by atoms with Crippen LogP contribution in [0, 0.1) is 0 Å². The molecule has 0 heterocycles. The number of aliphatic hydroxyl groups is 1. The van der Waals surface area contributed by atoms with Gasteiger partial charge < -0.3 is 5.11 Å². The van der Waals surface area contributed by atoms with Gasteiger partial charge in [-0.2, -0.15) is 0 Å². The third-order valence-electron chi connectivity index (χ3n) is 2.51. The summed E-state index contributed by atoms with van der Waals surface area (Å²) in [5, 5.41) is 8.57. The zero-order valence-corrected chi connectivity index (χ0v) is 9.23. The Balaban J connectivity index is 0. The van der Waals surface area contributed by atoms with Crippen molar-refractivity contribution < 1.29 is 5.11 Å². The molecule has 14 heavy (non-hydrogen) atoms. The fourth-order valence-electron chi connectivity index (χ4n) is 1.60. The van der Waals surface area contributed by atoms with E-state index in [2.05, 4.69) is 6.92 Å². The van der Waals surface area contributed by atoms with Crippen molar-refractivity contribution in [3.63, 3.8) is 0 Å². The standard InChI is InChI=1S/C12H26O.K.H/c1-2-3-4-5-6-7-8-9-10-11-12-13;;/h13H,2-12H2,1H3;;. The van der Waals surface area contributed by atoms with Crippen molar-refractivity contribution >= 4 is 51.4 Å². The Labute approximate surface area is 132 Å². The topological polar surface area (TPSA) is 20.2 Å². The van der Waals surface area contributed by atoms with Crippen molar-refractivity contribution in [2.45, 2.75) is 71.1 Å². The van der Waals surface area contributed by atoms with E-state index in [-0.39, 0.29) is 51.4 Å². The molecule has 1 nitrogen and oxygen atoms in total. The zero-order chi connectivity index (χ0) is 9.78. The van der Waals surface area contributed by atoms with Crippen molar-refractivity contribution in [3.05, 3.63) is 0 Å². The Bertz CT molecular complexity index is 76.4. The summed E-state index contributed by atoms with van der Waals surface area (Å²) in [6.07, 6.45) is 13.3. The molecule has 0 atom stereocenters. The van der Waals surface area contributed by atoms with E-state index >= 15 is 0 Å². The molecule has 0 rings (SSSR count). The van der Waals surface area contributed by atoms with Gasteiger partial charge in [0, 0.05) is 6.61 Å². The van der Waals surface area contributed by atoms with Crippen LogP contribution >= 0.6 is 0 Å². The van der Waals surface area contributed by atoms with Crippen LogP contribution in [0.3, 0.4) is 0 Å². The van der Waals surface area contributed by atoms with Crippen LogP contribution in [0.2, 0.25) is 0 Å². The van der Waals surface area contributed by atoms with Gasteiger partial charge in [0.15, 0.2) is 0 Å². The first kappa shape index (κ1) is 18.0. The fraction of sp³-hybridized carbons (Fsp3) is 1.00. The Hall–Kier alpha value is 1.60. The maximum atomic E-state index is 8.57. The van der Waals surface area contributed by atoms with E-state index < -0.39 is 0 Å². The van der Waals surface area contributed by atoms with Crippen LogP contribution in [0.15, 0.2) is 0 Å². The van der Waals surface area contributed by atoms with Gasteiger partial charge >= 0.3 is 51.4 Å². The van der Waals surface area contributed by atoms with Crippen LogP contribution in [0.25, 0.3) is 0 Å².